The van der Waals surface area contributed by atoms with Crippen molar-refractivity contribution in [2.45, 2.75) is 0 Å². The molecule has 130 valence electrons. The number of fused-ring (bicyclic) bond motifs is 2. The van der Waals surface area contributed by atoms with Gasteiger partial charge < -0.3 is 14.2 Å². The molecule has 0 unspecified atom stereocenters. The lowest BCUT2D eigenvalue weighted by Crippen LogP contribution is -2.10. The van der Waals surface area contributed by atoms with Crippen LogP contribution in [0, 0.1) is 0 Å². The minimum Gasteiger partial charge on any atom is -0.459 e. The number of carbonyl (C=O) groups excluding carboxylic acids is 1. The fourth-order valence-corrected chi connectivity index (χ4v) is 3.13. The number of oxazole rings is 1. The molecule has 0 radical (unpaired) electrons. The Balaban J connectivity index is 1.53. The average Bonchev–Trinajstić information content (AvgIpc) is 3.37. The van der Waals surface area contributed by atoms with Crippen molar-refractivity contribution in [2.75, 3.05) is 5.32 Å². The van der Waals surface area contributed by atoms with Crippen molar-refractivity contribution in [2.24, 2.45) is 0 Å². The zero-order valence-corrected chi connectivity index (χ0v) is 14.2. The Hall–Kier alpha value is -3.86. The molecule has 3 aromatic carbocycles. The number of benzene rings is 3. The molecule has 0 fully saturated rings. The molecular formula is C22H14N2O3. The molecule has 2 heterocycles. The number of nitrogens with one attached hydrogen (secondary N) is 1. The predicted octanol–water partition coefficient (Wildman–Crippen LogP) is 5.49. The van der Waals surface area contributed by atoms with E-state index < -0.39 is 0 Å². The molecule has 5 aromatic rings. The van der Waals surface area contributed by atoms with E-state index in [0.29, 0.717) is 22.7 Å². The number of anilines is 1. The number of rotatable bonds is 3. The van der Waals surface area contributed by atoms with Crippen LogP contribution in [0.4, 0.5) is 5.69 Å². The van der Waals surface area contributed by atoms with Gasteiger partial charge in [-0.2, -0.15) is 0 Å². The van der Waals surface area contributed by atoms with Crippen molar-refractivity contribution in [3.63, 3.8) is 0 Å². The summed E-state index contributed by atoms with van der Waals surface area (Å²) in [7, 11) is 0. The summed E-state index contributed by atoms with van der Waals surface area (Å²) in [6, 6.07) is 22.8. The van der Waals surface area contributed by atoms with Crippen molar-refractivity contribution in [3.8, 4) is 11.5 Å². The first-order chi connectivity index (χ1) is 13.3. The summed E-state index contributed by atoms with van der Waals surface area (Å²) in [6.45, 7) is 0. The van der Waals surface area contributed by atoms with Crippen LogP contribution in [0.5, 0.6) is 0 Å². The molecule has 5 heteroatoms. The third-order valence-corrected chi connectivity index (χ3v) is 4.41. The van der Waals surface area contributed by atoms with Crippen LogP contribution in [-0.2, 0) is 0 Å². The van der Waals surface area contributed by atoms with E-state index in [1.807, 2.05) is 24.3 Å². The zero-order valence-electron chi connectivity index (χ0n) is 14.2. The molecule has 0 aliphatic heterocycles. The fourth-order valence-electron chi connectivity index (χ4n) is 3.13. The molecule has 27 heavy (non-hydrogen) atoms. The van der Waals surface area contributed by atoms with Gasteiger partial charge in [0, 0.05) is 11.3 Å². The van der Waals surface area contributed by atoms with Gasteiger partial charge in [0.25, 0.3) is 5.91 Å². The monoisotopic (exact) mass is 354 g/mol. The Labute approximate surface area is 154 Å². The standard InChI is InChI=1S/C22H14N2O3/c25-21(20-9-4-12-26-20)23-15-10-11-19-18(13-15)24-22(27-19)17-8-3-6-14-5-1-2-7-16(14)17/h1-13H,(H,23,25). The molecular weight excluding hydrogens is 340 g/mol. The maximum Gasteiger partial charge on any atom is 0.291 e. The molecule has 5 nitrogen and oxygen atoms in total. The normalized spacial score (nSPS) is 11.1. The Morgan fingerprint density at radius 3 is 2.70 bits per heavy atom. The van der Waals surface area contributed by atoms with E-state index in [1.54, 1.807) is 30.3 Å². The second-order valence-electron chi connectivity index (χ2n) is 6.16. The van der Waals surface area contributed by atoms with Gasteiger partial charge in [-0.3, -0.25) is 4.79 Å². The Kier molecular flexibility index (Phi) is 3.50. The van der Waals surface area contributed by atoms with Gasteiger partial charge in [-0.1, -0.05) is 36.4 Å². The molecule has 0 aliphatic rings. The summed E-state index contributed by atoms with van der Waals surface area (Å²) in [5.41, 5.74) is 2.90. The quantitative estimate of drug-likeness (QED) is 0.465. The van der Waals surface area contributed by atoms with Crippen LogP contribution < -0.4 is 5.32 Å². The largest absolute Gasteiger partial charge is 0.459 e. The molecule has 0 saturated heterocycles. The number of aromatic nitrogens is 1. The lowest BCUT2D eigenvalue weighted by Gasteiger charge is -2.01. The average molecular weight is 354 g/mol. The van der Waals surface area contributed by atoms with Gasteiger partial charge in [0.2, 0.25) is 5.89 Å². The van der Waals surface area contributed by atoms with E-state index in [1.165, 1.54) is 6.26 Å². The highest BCUT2D eigenvalue weighted by Gasteiger charge is 2.13. The first-order valence-corrected chi connectivity index (χ1v) is 8.51. The number of hydrogen-bond acceptors (Lipinski definition) is 4. The first-order valence-electron chi connectivity index (χ1n) is 8.51. The van der Waals surface area contributed by atoms with E-state index in [2.05, 4.69) is 28.5 Å². The number of furan rings is 1. The smallest absolute Gasteiger partial charge is 0.291 e. The van der Waals surface area contributed by atoms with E-state index >= 15 is 0 Å². The van der Waals surface area contributed by atoms with Crippen molar-refractivity contribution in [3.05, 3.63) is 84.8 Å². The number of amides is 1. The van der Waals surface area contributed by atoms with E-state index in [-0.39, 0.29) is 11.7 Å². The minimum absolute atomic E-state index is 0.256. The molecule has 0 bridgehead atoms. The molecule has 1 N–H and O–H groups in total. The van der Waals surface area contributed by atoms with Gasteiger partial charge in [0.15, 0.2) is 11.3 Å². The van der Waals surface area contributed by atoms with Crippen LogP contribution in [0.25, 0.3) is 33.3 Å². The maximum atomic E-state index is 12.1. The summed E-state index contributed by atoms with van der Waals surface area (Å²) in [5, 5.41) is 5.01. The molecule has 2 aromatic heterocycles. The Bertz CT molecular complexity index is 1260. The lowest BCUT2D eigenvalue weighted by molar-refractivity contribution is 0.0996. The van der Waals surface area contributed by atoms with Gasteiger partial charge in [-0.05, 0) is 47.2 Å². The number of nitrogens with zero attached hydrogens (tertiary/aromatic N) is 1. The van der Waals surface area contributed by atoms with E-state index in [9.17, 15) is 4.79 Å². The second-order valence-corrected chi connectivity index (χ2v) is 6.16. The predicted molar refractivity (Wildman–Crippen MR) is 104 cm³/mol. The summed E-state index contributed by atoms with van der Waals surface area (Å²) >= 11 is 0. The fraction of sp³-hybridized carbons (Fsp3) is 0. The van der Waals surface area contributed by atoms with Gasteiger partial charge in [0.05, 0.1) is 6.26 Å². The number of carbonyl (C=O) groups is 1. The van der Waals surface area contributed by atoms with Crippen molar-refractivity contribution in [1.29, 1.82) is 0 Å². The summed E-state index contributed by atoms with van der Waals surface area (Å²) in [6.07, 6.45) is 1.46. The molecule has 0 spiro atoms. The third-order valence-electron chi connectivity index (χ3n) is 4.41. The summed E-state index contributed by atoms with van der Waals surface area (Å²) in [5.74, 6) is 0.500. The van der Waals surface area contributed by atoms with Gasteiger partial charge in [0.1, 0.15) is 5.52 Å². The van der Waals surface area contributed by atoms with Crippen molar-refractivity contribution >= 4 is 33.5 Å². The molecule has 0 aliphatic carbocycles. The molecule has 5 rings (SSSR count). The van der Waals surface area contributed by atoms with E-state index in [0.717, 1.165) is 16.3 Å². The van der Waals surface area contributed by atoms with Gasteiger partial charge in [-0.25, -0.2) is 4.98 Å². The SMILES string of the molecule is O=C(Nc1ccc2oc(-c3cccc4ccccc34)nc2c1)c1ccco1. The van der Waals surface area contributed by atoms with Gasteiger partial charge in [-0.15, -0.1) is 0 Å². The highest BCUT2D eigenvalue weighted by atomic mass is 16.3. The molecule has 0 saturated carbocycles. The van der Waals surface area contributed by atoms with Crippen molar-refractivity contribution < 1.29 is 13.6 Å². The van der Waals surface area contributed by atoms with Crippen LogP contribution in [0.2, 0.25) is 0 Å². The van der Waals surface area contributed by atoms with Crippen molar-refractivity contribution in [1.82, 2.24) is 4.98 Å². The molecule has 0 atom stereocenters. The zero-order chi connectivity index (χ0) is 18.2. The van der Waals surface area contributed by atoms with Crippen LogP contribution in [0.15, 0.2) is 87.9 Å². The highest BCUT2D eigenvalue weighted by molar-refractivity contribution is 6.03. The summed E-state index contributed by atoms with van der Waals surface area (Å²) < 4.78 is 11.1. The Morgan fingerprint density at radius 2 is 1.81 bits per heavy atom. The van der Waals surface area contributed by atoms with Gasteiger partial charge >= 0.3 is 0 Å². The van der Waals surface area contributed by atoms with Crippen LogP contribution >= 0.6 is 0 Å². The first kappa shape index (κ1) is 15.4. The maximum absolute atomic E-state index is 12.1. The minimum atomic E-state index is -0.308. The highest BCUT2D eigenvalue weighted by Crippen LogP contribution is 2.31. The summed E-state index contributed by atoms with van der Waals surface area (Å²) in [4.78, 5) is 16.8. The van der Waals surface area contributed by atoms with Crippen LogP contribution in [0.3, 0.4) is 0 Å². The topological polar surface area (TPSA) is 68.3 Å². The van der Waals surface area contributed by atoms with Crippen LogP contribution in [0.1, 0.15) is 10.6 Å². The number of hydrogen-bond donors (Lipinski definition) is 1. The lowest BCUT2D eigenvalue weighted by atomic mass is 10.0. The molecule has 1 amide bonds. The third kappa shape index (κ3) is 2.75. The van der Waals surface area contributed by atoms with E-state index in [4.69, 9.17) is 8.83 Å². The Morgan fingerprint density at radius 1 is 0.926 bits per heavy atom. The second kappa shape index (κ2) is 6.14. The van der Waals surface area contributed by atoms with Crippen LogP contribution in [-0.4, -0.2) is 10.9 Å².